The first-order valence-corrected chi connectivity index (χ1v) is 21.5. The number of aromatic nitrogens is 3. The van der Waals surface area contributed by atoms with E-state index in [0.29, 0.717) is 5.41 Å². The lowest BCUT2D eigenvalue weighted by molar-refractivity contribution is -0.000324. The summed E-state index contributed by atoms with van der Waals surface area (Å²) in [6, 6.07) is 49.1. The predicted octanol–water partition coefficient (Wildman–Crippen LogP) is 12.4. The molecule has 280 valence electrons. The topological polar surface area (TPSA) is 47.9 Å². The molecule has 7 aliphatic rings. The summed E-state index contributed by atoms with van der Waals surface area (Å²) >= 11 is 0. The molecule has 1 aromatic heterocycles. The molecule has 0 radical (unpaired) electrons. The molecule has 2 spiro atoms. The lowest BCUT2D eigenvalue weighted by atomic mass is 9.55. The molecule has 4 heteroatoms. The first-order valence-electron chi connectivity index (χ1n) is 21.5. The predicted molar refractivity (Wildman–Crippen MR) is 228 cm³/mol. The van der Waals surface area contributed by atoms with E-state index in [2.05, 4.69) is 147 Å². The summed E-state index contributed by atoms with van der Waals surface area (Å²) in [6.07, 6.45) is 7.91. The minimum atomic E-state index is -0.549. The number of ether oxygens (including phenoxy) is 1. The van der Waals surface area contributed by atoms with Gasteiger partial charge in [-0.05, 0) is 137 Å². The molecule has 1 aliphatic heterocycles. The second-order valence-corrected chi connectivity index (χ2v) is 19.4. The van der Waals surface area contributed by atoms with E-state index in [1.807, 2.05) is 0 Å². The van der Waals surface area contributed by atoms with Gasteiger partial charge in [-0.2, -0.15) is 0 Å². The summed E-state index contributed by atoms with van der Waals surface area (Å²) in [6.45, 7) is 4.71. The smallest absolute Gasteiger partial charge is 0.163 e. The minimum absolute atomic E-state index is 0.0122. The van der Waals surface area contributed by atoms with E-state index in [1.165, 1.54) is 88.6 Å². The van der Waals surface area contributed by atoms with Gasteiger partial charge in [0.25, 0.3) is 0 Å². The summed E-state index contributed by atoms with van der Waals surface area (Å²) in [5.41, 5.74) is 14.8. The highest BCUT2D eigenvalue weighted by molar-refractivity contribution is 5.89. The van der Waals surface area contributed by atoms with Crippen LogP contribution in [-0.2, 0) is 16.2 Å². The Morgan fingerprint density at radius 2 is 1.09 bits per heavy atom. The second-order valence-electron chi connectivity index (χ2n) is 19.4. The van der Waals surface area contributed by atoms with E-state index in [4.69, 9.17) is 19.7 Å². The molecule has 4 nitrogen and oxygen atoms in total. The molecule has 4 fully saturated rings. The number of para-hydroxylation sites is 1. The second kappa shape index (κ2) is 10.6. The van der Waals surface area contributed by atoms with Crippen molar-refractivity contribution < 1.29 is 4.74 Å². The third-order valence-electron chi connectivity index (χ3n) is 16.5. The monoisotopic (exact) mass is 749 g/mol. The number of hydrogen-bond donors (Lipinski definition) is 0. The lowest BCUT2D eigenvalue weighted by Crippen LogP contribution is -2.42. The van der Waals surface area contributed by atoms with E-state index in [-0.39, 0.29) is 10.8 Å². The van der Waals surface area contributed by atoms with Gasteiger partial charge in [-0.25, -0.2) is 15.0 Å². The highest BCUT2D eigenvalue weighted by Crippen LogP contribution is 2.78. The van der Waals surface area contributed by atoms with Gasteiger partial charge in [-0.15, -0.1) is 0 Å². The summed E-state index contributed by atoms with van der Waals surface area (Å²) < 4.78 is 6.82. The molecular formula is C54H43N3O. The molecule has 14 rings (SSSR count). The maximum Gasteiger partial charge on any atom is 0.163 e. The van der Waals surface area contributed by atoms with E-state index in [0.717, 1.165) is 63.4 Å². The summed E-state index contributed by atoms with van der Waals surface area (Å²) in [4.78, 5) is 16.7. The van der Waals surface area contributed by atoms with Crippen LogP contribution in [0, 0.1) is 23.2 Å². The zero-order valence-electron chi connectivity index (χ0n) is 32.9. The largest absolute Gasteiger partial charge is 0.457 e. The molecular weight excluding hydrogens is 707 g/mol. The zero-order chi connectivity index (χ0) is 38.2. The lowest BCUT2D eigenvalue weighted by Gasteiger charge is -2.49. The first-order chi connectivity index (χ1) is 28.4. The van der Waals surface area contributed by atoms with Gasteiger partial charge >= 0.3 is 0 Å². The SMILES string of the molecule is CC1(C)c2ccccc2-c2ccc(-c3nc(-c4ccc5c(c4)C4(c6ccccc6O5)c5ccccc5-c5ccccc54)nc(C45CC6C[C@@H]7C[C@@H](C4)CC67C5)n3)cc21. The molecule has 2 heterocycles. The number of fused-ring (bicyclic) bond motifs is 14. The van der Waals surface area contributed by atoms with Crippen LogP contribution >= 0.6 is 0 Å². The van der Waals surface area contributed by atoms with Crippen molar-refractivity contribution in [2.75, 3.05) is 0 Å². The van der Waals surface area contributed by atoms with Crippen molar-refractivity contribution in [3.8, 4) is 56.5 Å². The van der Waals surface area contributed by atoms with Crippen molar-refractivity contribution >= 4 is 0 Å². The summed E-state index contributed by atoms with van der Waals surface area (Å²) in [5, 5.41) is 0. The van der Waals surface area contributed by atoms with Crippen molar-refractivity contribution in [3.05, 3.63) is 173 Å². The minimum Gasteiger partial charge on any atom is -0.457 e. The third kappa shape index (κ3) is 3.77. The van der Waals surface area contributed by atoms with Crippen LogP contribution in [-0.4, -0.2) is 15.0 Å². The van der Waals surface area contributed by atoms with Gasteiger partial charge in [0.15, 0.2) is 11.6 Å². The van der Waals surface area contributed by atoms with Gasteiger partial charge in [-0.1, -0.05) is 117 Å². The molecule has 3 bridgehead atoms. The van der Waals surface area contributed by atoms with Crippen LogP contribution in [0.2, 0.25) is 0 Å². The van der Waals surface area contributed by atoms with Crippen LogP contribution in [0.3, 0.4) is 0 Å². The van der Waals surface area contributed by atoms with Crippen LogP contribution in [0.4, 0.5) is 0 Å². The Bertz CT molecular complexity index is 2930. The number of rotatable bonds is 3. The Balaban J connectivity index is 0.994. The van der Waals surface area contributed by atoms with Crippen LogP contribution < -0.4 is 4.74 Å². The van der Waals surface area contributed by atoms with Crippen molar-refractivity contribution in [2.45, 2.75) is 68.6 Å². The summed E-state index contributed by atoms with van der Waals surface area (Å²) in [7, 11) is 0. The van der Waals surface area contributed by atoms with Crippen LogP contribution in [0.1, 0.15) is 91.6 Å². The van der Waals surface area contributed by atoms with Gasteiger partial charge < -0.3 is 4.74 Å². The molecule has 0 saturated heterocycles. The molecule has 0 amide bonds. The van der Waals surface area contributed by atoms with Crippen molar-refractivity contribution in [3.63, 3.8) is 0 Å². The van der Waals surface area contributed by atoms with Crippen LogP contribution in [0.25, 0.3) is 45.0 Å². The molecule has 58 heavy (non-hydrogen) atoms. The van der Waals surface area contributed by atoms with Crippen molar-refractivity contribution in [2.24, 2.45) is 23.2 Å². The third-order valence-corrected chi connectivity index (χ3v) is 16.5. The molecule has 0 N–H and O–H groups in total. The maximum atomic E-state index is 6.82. The maximum absolute atomic E-state index is 6.82. The first kappa shape index (κ1) is 32.1. The number of benzene rings is 6. The standard InChI is InChI=1S/C54H43N3O/c1-51(2)40-14-6-3-11-36(40)39-21-19-32(24-44(39)51)48-55-49(57-50(56-48)52-27-31-23-34-26-35(29-52)53(34,28-31)30-52)33-20-22-47-45(25-33)54(43-17-9-10-18-46(43)58-47)41-15-7-4-12-37(41)38-13-5-8-16-42(38)54/h3-22,24-25,31,34-35H,23,26-30H2,1-2H3/t31-,34-,35?,52?,53?/m0/s1. The fraction of sp³-hybridized carbons (Fsp3) is 0.278. The van der Waals surface area contributed by atoms with Crippen molar-refractivity contribution in [1.82, 2.24) is 15.0 Å². The van der Waals surface area contributed by atoms with Crippen molar-refractivity contribution in [1.29, 1.82) is 0 Å². The molecule has 7 aromatic rings. The fourth-order valence-electron chi connectivity index (χ4n) is 14.3. The Labute approximate surface area is 339 Å². The van der Waals surface area contributed by atoms with E-state index in [9.17, 15) is 0 Å². The van der Waals surface area contributed by atoms with Crippen LogP contribution in [0.5, 0.6) is 11.5 Å². The number of nitrogens with zero attached hydrogens (tertiary/aromatic N) is 3. The Morgan fingerprint density at radius 3 is 1.83 bits per heavy atom. The zero-order valence-corrected chi connectivity index (χ0v) is 32.9. The molecule has 6 aromatic carbocycles. The van der Waals surface area contributed by atoms with E-state index >= 15 is 0 Å². The van der Waals surface area contributed by atoms with Crippen LogP contribution in [0.15, 0.2) is 133 Å². The molecule has 3 unspecified atom stereocenters. The highest BCUT2D eigenvalue weighted by atomic mass is 16.5. The number of hydrogen-bond acceptors (Lipinski definition) is 4. The average molecular weight is 750 g/mol. The fourth-order valence-corrected chi connectivity index (χ4v) is 14.3. The van der Waals surface area contributed by atoms with E-state index < -0.39 is 5.41 Å². The van der Waals surface area contributed by atoms with Gasteiger partial charge in [0.05, 0.1) is 5.41 Å². The van der Waals surface area contributed by atoms with Gasteiger partial charge in [0, 0.05) is 33.1 Å². The quantitative estimate of drug-likeness (QED) is 0.180. The highest BCUT2D eigenvalue weighted by Gasteiger charge is 2.72. The van der Waals surface area contributed by atoms with Gasteiger partial charge in [0.1, 0.15) is 17.3 Å². The molecule has 6 aliphatic carbocycles. The Kier molecular flexibility index (Phi) is 5.87. The molecule has 4 saturated carbocycles. The normalized spacial score (nSPS) is 27.1. The van der Waals surface area contributed by atoms with Gasteiger partial charge in [0.2, 0.25) is 0 Å². The molecule has 5 atom stereocenters. The van der Waals surface area contributed by atoms with E-state index in [1.54, 1.807) is 0 Å². The average Bonchev–Trinajstić information content (AvgIpc) is 3.83. The van der Waals surface area contributed by atoms with Gasteiger partial charge in [-0.3, -0.25) is 0 Å². The Morgan fingerprint density at radius 1 is 0.500 bits per heavy atom. The summed E-state index contributed by atoms with van der Waals surface area (Å²) in [5.74, 6) is 6.88. The Hall–Kier alpha value is -5.87.